The maximum atomic E-state index is 14.5. The van der Waals surface area contributed by atoms with Gasteiger partial charge in [-0.1, -0.05) is 11.6 Å². The van der Waals surface area contributed by atoms with Gasteiger partial charge in [0.1, 0.15) is 17.7 Å². The molecule has 2 fully saturated rings. The number of hydrogen-bond donors (Lipinski definition) is 0. The summed E-state index contributed by atoms with van der Waals surface area (Å²) >= 11 is 6.17. The Labute approximate surface area is 205 Å². The highest BCUT2D eigenvalue weighted by molar-refractivity contribution is 6.44. The Kier molecular flexibility index (Phi) is 6.11. The van der Waals surface area contributed by atoms with Crippen LogP contribution in [0.25, 0.3) is 11.1 Å². The zero-order chi connectivity index (χ0) is 24.9. The third kappa shape index (κ3) is 4.80. The number of aryl methyl sites for hydroxylation is 1. The number of alkyl halides is 2. The molecule has 0 bridgehead atoms. The lowest BCUT2D eigenvalue weighted by molar-refractivity contribution is -0.115. The van der Waals surface area contributed by atoms with E-state index in [1.165, 1.54) is 6.07 Å². The molecule has 2 aromatic heterocycles. The molecule has 2 aromatic rings. The Bertz CT molecular complexity index is 1230. The van der Waals surface area contributed by atoms with Gasteiger partial charge in [-0.25, -0.2) is 8.78 Å². The van der Waals surface area contributed by atoms with Crippen LogP contribution >= 0.6 is 11.6 Å². The van der Waals surface area contributed by atoms with Crippen LogP contribution in [0.5, 0.6) is 5.88 Å². The van der Waals surface area contributed by atoms with E-state index in [2.05, 4.69) is 15.1 Å². The lowest BCUT2D eigenvalue weighted by Crippen LogP contribution is -2.38. The molecule has 2 aliphatic heterocycles. The Morgan fingerprint density at radius 2 is 2.03 bits per heavy atom. The van der Waals surface area contributed by atoms with Crippen LogP contribution in [0.15, 0.2) is 27.9 Å². The molecule has 0 N–H and O–H groups in total. The van der Waals surface area contributed by atoms with Crippen LogP contribution in [0.4, 0.5) is 13.2 Å². The number of aliphatic imine (C=N–C) groups is 1. The van der Waals surface area contributed by atoms with Crippen molar-refractivity contribution in [2.24, 2.45) is 10.9 Å². The van der Waals surface area contributed by atoms with E-state index in [1.807, 2.05) is 18.7 Å². The molecule has 0 amide bonds. The molecule has 3 aliphatic rings. The number of allylic oxidation sites excluding steroid dienone is 1. The van der Waals surface area contributed by atoms with Gasteiger partial charge < -0.3 is 9.64 Å². The van der Waals surface area contributed by atoms with E-state index in [9.17, 15) is 18.0 Å². The quantitative estimate of drug-likeness (QED) is 0.545. The van der Waals surface area contributed by atoms with E-state index in [1.54, 1.807) is 17.0 Å². The van der Waals surface area contributed by atoms with Crippen molar-refractivity contribution in [1.29, 1.82) is 0 Å². The van der Waals surface area contributed by atoms with E-state index in [-0.39, 0.29) is 48.1 Å². The topological polar surface area (TPSA) is 72.6 Å². The van der Waals surface area contributed by atoms with Crippen LogP contribution in [0.1, 0.15) is 30.7 Å². The normalized spacial score (nSPS) is 22.2. The molecule has 7 nitrogen and oxygen atoms in total. The number of ketones is 1. The molecule has 35 heavy (non-hydrogen) atoms. The second-order valence-corrected chi connectivity index (χ2v) is 9.82. The number of ether oxygens (including phenoxy) is 1. The Morgan fingerprint density at radius 1 is 1.26 bits per heavy atom. The van der Waals surface area contributed by atoms with Gasteiger partial charge in [0.15, 0.2) is 5.78 Å². The van der Waals surface area contributed by atoms with Gasteiger partial charge in [0.05, 0.1) is 17.9 Å². The number of dihydropyridines is 1. The number of nitrogens with zero attached hydrogens (tertiary/aromatic N) is 5. The molecule has 1 saturated heterocycles. The van der Waals surface area contributed by atoms with Crippen LogP contribution in [-0.2, 0) is 11.3 Å². The summed E-state index contributed by atoms with van der Waals surface area (Å²) in [4.78, 5) is 21.7. The van der Waals surface area contributed by atoms with Crippen LogP contribution in [0, 0.1) is 25.7 Å². The average Bonchev–Trinajstić information content (AvgIpc) is 3.32. The summed E-state index contributed by atoms with van der Waals surface area (Å²) in [6, 6.07) is 2.99. The van der Waals surface area contributed by atoms with Crippen molar-refractivity contribution in [1.82, 2.24) is 19.7 Å². The minimum atomic E-state index is -2.58. The highest BCUT2D eigenvalue weighted by atomic mass is 35.5. The number of likely N-dealkylation sites (tertiary alicyclic amines) is 1. The molecule has 1 aliphatic carbocycles. The summed E-state index contributed by atoms with van der Waals surface area (Å²) in [6.07, 6.45) is 1.69. The highest BCUT2D eigenvalue weighted by Crippen LogP contribution is 2.43. The standard InChI is InChI=1S/C24H25ClF3N5O2/c1-13-22(14(2)33(31-13)11-15-7-24(27,28)8-15)16-5-20(26)30-21(6-16)35-17-3-4-32(12-17)18-9-29-10-19(34)23(18)25/h5-6,9,15,17H,3-4,7-8,10-12H2,1-2H3/t17-/m1/s1. The van der Waals surface area contributed by atoms with Crippen molar-refractivity contribution in [2.45, 2.75) is 51.7 Å². The van der Waals surface area contributed by atoms with Crippen LogP contribution in [0.2, 0.25) is 0 Å². The zero-order valence-corrected chi connectivity index (χ0v) is 20.2. The van der Waals surface area contributed by atoms with Gasteiger partial charge in [-0.2, -0.15) is 14.5 Å². The summed E-state index contributed by atoms with van der Waals surface area (Å²) in [5, 5.41) is 4.68. The molecule has 5 rings (SSSR count). The molecule has 0 unspecified atom stereocenters. The van der Waals surface area contributed by atoms with E-state index in [4.69, 9.17) is 16.3 Å². The molecule has 0 spiro atoms. The predicted molar refractivity (Wildman–Crippen MR) is 124 cm³/mol. The Hall–Kier alpha value is -2.88. The van der Waals surface area contributed by atoms with E-state index in [0.717, 1.165) is 11.3 Å². The van der Waals surface area contributed by atoms with Crippen LogP contribution in [-0.4, -0.2) is 63.3 Å². The molecule has 1 atom stereocenters. The summed E-state index contributed by atoms with van der Waals surface area (Å²) in [7, 11) is 0. The third-order valence-corrected chi connectivity index (χ3v) is 7.14. The van der Waals surface area contributed by atoms with E-state index < -0.39 is 11.9 Å². The van der Waals surface area contributed by atoms with E-state index >= 15 is 0 Å². The zero-order valence-electron chi connectivity index (χ0n) is 19.4. The maximum Gasteiger partial charge on any atom is 0.248 e. The number of Topliss-reactive ketones (excluding diaryl/α,β-unsaturated/α-hetero) is 1. The molecule has 186 valence electrons. The van der Waals surface area contributed by atoms with Crippen LogP contribution < -0.4 is 4.74 Å². The molecule has 0 radical (unpaired) electrons. The summed E-state index contributed by atoms with van der Waals surface area (Å²) in [5.41, 5.74) is 3.34. The molecule has 0 aromatic carbocycles. The fourth-order valence-electron chi connectivity index (χ4n) is 5.05. The lowest BCUT2D eigenvalue weighted by Gasteiger charge is -2.34. The smallest absolute Gasteiger partial charge is 0.248 e. The number of halogens is 4. The molecule has 11 heteroatoms. The van der Waals surface area contributed by atoms with Gasteiger partial charge in [0.25, 0.3) is 0 Å². The number of hydrogen-bond acceptors (Lipinski definition) is 6. The SMILES string of the molecule is Cc1nn(CC2CC(F)(F)C2)c(C)c1-c1cc(F)nc(O[C@@H]2CCN(C3=C(Cl)C(=O)CN=C3)C2)c1. The predicted octanol–water partition coefficient (Wildman–Crippen LogP) is 4.30. The largest absolute Gasteiger partial charge is 0.472 e. The summed E-state index contributed by atoms with van der Waals surface area (Å²) < 4.78 is 48.7. The minimum absolute atomic E-state index is 0.0502. The first-order valence-corrected chi connectivity index (χ1v) is 11.9. The monoisotopic (exact) mass is 507 g/mol. The van der Waals surface area contributed by atoms with Gasteiger partial charge >= 0.3 is 0 Å². The average molecular weight is 508 g/mol. The Morgan fingerprint density at radius 3 is 2.77 bits per heavy atom. The molecule has 1 saturated carbocycles. The number of rotatable bonds is 6. The second kappa shape index (κ2) is 8.96. The number of pyridine rings is 1. The van der Waals surface area contributed by atoms with Gasteiger partial charge in [-0.15, -0.1) is 0 Å². The van der Waals surface area contributed by atoms with Crippen molar-refractivity contribution in [3.8, 4) is 17.0 Å². The lowest BCUT2D eigenvalue weighted by atomic mass is 9.81. The first-order chi connectivity index (χ1) is 16.6. The first-order valence-electron chi connectivity index (χ1n) is 11.5. The fourth-order valence-corrected chi connectivity index (χ4v) is 5.28. The molecule has 4 heterocycles. The van der Waals surface area contributed by atoms with Gasteiger partial charge in [-0.05, 0) is 25.3 Å². The van der Waals surface area contributed by atoms with Crippen LogP contribution in [0.3, 0.4) is 0 Å². The van der Waals surface area contributed by atoms with Crippen molar-refractivity contribution in [2.75, 3.05) is 19.6 Å². The minimum Gasteiger partial charge on any atom is -0.472 e. The van der Waals surface area contributed by atoms with Gasteiger partial charge in [0.2, 0.25) is 17.8 Å². The number of carbonyl (C=O) groups is 1. The molecular weight excluding hydrogens is 483 g/mol. The maximum absolute atomic E-state index is 14.5. The van der Waals surface area contributed by atoms with Crippen molar-refractivity contribution in [3.63, 3.8) is 0 Å². The first kappa shape index (κ1) is 23.8. The Balaban J connectivity index is 1.32. The van der Waals surface area contributed by atoms with E-state index in [0.29, 0.717) is 43.0 Å². The fraction of sp³-hybridized carbons (Fsp3) is 0.500. The third-order valence-electron chi connectivity index (χ3n) is 6.74. The van der Waals surface area contributed by atoms with Crippen molar-refractivity contribution >= 4 is 23.6 Å². The number of aromatic nitrogens is 3. The highest BCUT2D eigenvalue weighted by Gasteiger charge is 2.45. The van der Waals surface area contributed by atoms with Crippen molar-refractivity contribution < 1.29 is 22.7 Å². The molecular formula is C24H25ClF3N5O2. The summed E-state index contributed by atoms with van der Waals surface area (Å²) in [6.45, 7) is 5.19. The second-order valence-electron chi connectivity index (χ2n) is 9.44. The van der Waals surface area contributed by atoms with Gasteiger partial charge in [0, 0.05) is 62.0 Å². The van der Waals surface area contributed by atoms with Crippen molar-refractivity contribution in [3.05, 3.63) is 40.2 Å². The summed E-state index contributed by atoms with van der Waals surface area (Å²) in [5.74, 6) is -3.47. The number of carbonyl (C=O) groups excluding carboxylic acids is 1. The van der Waals surface area contributed by atoms with Gasteiger partial charge in [-0.3, -0.25) is 14.5 Å².